The standard InChI is InChI=1S/C14H18N4O2/c1-3-11-4-6-12(7-5-11)15-14(20)9-18-8-13(10(2)19)16-17-18/h4-8,10,19H,3,9H2,1-2H3,(H,15,20). The van der Waals surface area contributed by atoms with Crippen LogP contribution in [0.15, 0.2) is 30.5 Å². The number of aryl methyl sites for hydroxylation is 1. The van der Waals surface area contributed by atoms with Crippen molar-refractivity contribution in [2.24, 2.45) is 0 Å². The minimum absolute atomic E-state index is 0.0647. The van der Waals surface area contributed by atoms with Gasteiger partial charge in [0.1, 0.15) is 12.2 Å². The number of benzene rings is 1. The molecule has 1 heterocycles. The van der Waals surface area contributed by atoms with Gasteiger partial charge in [-0.15, -0.1) is 5.10 Å². The van der Waals surface area contributed by atoms with E-state index in [1.807, 2.05) is 24.3 Å². The molecule has 0 bridgehead atoms. The van der Waals surface area contributed by atoms with Gasteiger partial charge < -0.3 is 10.4 Å². The van der Waals surface area contributed by atoms with Crippen LogP contribution < -0.4 is 5.32 Å². The summed E-state index contributed by atoms with van der Waals surface area (Å²) in [6.45, 7) is 3.75. The number of hydrogen-bond acceptors (Lipinski definition) is 4. The smallest absolute Gasteiger partial charge is 0.246 e. The van der Waals surface area contributed by atoms with E-state index in [4.69, 9.17) is 0 Å². The molecule has 106 valence electrons. The van der Waals surface area contributed by atoms with Crippen molar-refractivity contribution < 1.29 is 9.90 Å². The Morgan fingerprint density at radius 1 is 1.40 bits per heavy atom. The molecule has 2 aromatic rings. The molecule has 0 spiro atoms. The molecule has 1 aromatic heterocycles. The summed E-state index contributed by atoms with van der Waals surface area (Å²) in [6.07, 6.45) is 1.84. The summed E-state index contributed by atoms with van der Waals surface area (Å²) in [7, 11) is 0. The minimum atomic E-state index is -0.687. The van der Waals surface area contributed by atoms with E-state index in [1.54, 1.807) is 13.1 Å². The molecule has 0 saturated carbocycles. The third-order valence-electron chi connectivity index (χ3n) is 2.94. The summed E-state index contributed by atoms with van der Waals surface area (Å²) in [5.74, 6) is -0.184. The molecule has 6 nitrogen and oxygen atoms in total. The molecule has 1 atom stereocenters. The summed E-state index contributed by atoms with van der Waals surface area (Å²) < 4.78 is 1.40. The number of anilines is 1. The Hall–Kier alpha value is -2.21. The summed E-state index contributed by atoms with van der Waals surface area (Å²) >= 11 is 0. The number of aromatic nitrogens is 3. The van der Waals surface area contributed by atoms with Crippen molar-refractivity contribution in [3.05, 3.63) is 41.7 Å². The first-order valence-corrected chi connectivity index (χ1v) is 6.55. The van der Waals surface area contributed by atoms with Gasteiger partial charge in [0.2, 0.25) is 5.91 Å². The van der Waals surface area contributed by atoms with Crippen LogP contribution in [0, 0.1) is 0 Å². The van der Waals surface area contributed by atoms with E-state index in [2.05, 4.69) is 22.6 Å². The zero-order valence-corrected chi connectivity index (χ0v) is 11.6. The topological polar surface area (TPSA) is 80.0 Å². The first kappa shape index (κ1) is 14.2. The highest BCUT2D eigenvalue weighted by Gasteiger charge is 2.09. The molecule has 2 N–H and O–H groups in total. The summed E-state index contributed by atoms with van der Waals surface area (Å²) in [6, 6.07) is 7.71. The number of rotatable bonds is 5. The molecule has 0 fully saturated rings. The lowest BCUT2D eigenvalue weighted by molar-refractivity contribution is -0.116. The molecule has 0 aliphatic rings. The molecule has 6 heteroatoms. The Balaban J connectivity index is 1.93. The molecule has 1 aromatic carbocycles. The van der Waals surface area contributed by atoms with Gasteiger partial charge >= 0.3 is 0 Å². The molecule has 0 aliphatic carbocycles. The first-order chi connectivity index (χ1) is 9.58. The number of aliphatic hydroxyl groups excluding tert-OH is 1. The molecule has 0 radical (unpaired) electrons. The summed E-state index contributed by atoms with van der Waals surface area (Å²) in [4.78, 5) is 11.9. The van der Waals surface area contributed by atoms with Gasteiger partial charge in [0.25, 0.3) is 0 Å². The first-order valence-electron chi connectivity index (χ1n) is 6.55. The second kappa shape index (κ2) is 6.29. The van der Waals surface area contributed by atoms with E-state index in [-0.39, 0.29) is 12.5 Å². The maximum absolute atomic E-state index is 11.9. The van der Waals surface area contributed by atoms with Gasteiger partial charge in [-0.1, -0.05) is 24.3 Å². The average Bonchev–Trinajstić information content (AvgIpc) is 2.88. The van der Waals surface area contributed by atoms with Gasteiger partial charge in [-0.25, -0.2) is 4.68 Å². The Bertz CT molecular complexity index is 575. The maximum atomic E-state index is 11.9. The largest absolute Gasteiger partial charge is 0.387 e. The average molecular weight is 274 g/mol. The Morgan fingerprint density at radius 3 is 2.65 bits per heavy atom. The monoisotopic (exact) mass is 274 g/mol. The van der Waals surface area contributed by atoms with Crippen molar-refractivity contribution in [1.82, 2.24) is 15.0 Å². The van der Waals surface area contributed by atoms with Crippen molar-refractivity contribution in [2.75, 3.05) is 5.32 Å². The van der Waals surface area contributed by atoms with Gasteiger partial charge in [-0.05, 0) is 31.0 Å². The third-order valence-corrected chi connectivity index (χ3v) is 2.94. The molecule has 1 unspecified atom stereocenters. The fourth-order valence-electron chi connectivity index (χ4n) is 1.75. The number of carbonyl (C=O) groups is 1. The third kappa shape index (κ3) is 3.64. The highest BCUT2D eigenvalue weighted by Crippen LogP contribution is 2.10. The van der Waals surface area contributed by atoms with Crippen LogP contribution in [0.5, 0.6) is 0 Å². The van der Waals surface area contributed by atoms with Gasteiger partial charge in [-0.3, -0.25) is 4.79 Å². The molecule has 1 amide bonds. The lowest BCUT2D eigenvalue weighted by Gasteiger charge is -2.05. The van der Waals surface area contributed by atoms with Crippen LogP contribution in [0.3, 0.4) is 0 Å². The number of hydrogen-bond donors (Lipinski definition) is 2. The molecular weight excluding hydrogens is 256 g/mol. The van der Waals surface area contributed by atoms with Crippen LogP contribution in [0.2, 0.25) is 0 Å². The van der Waals surface area contributed by atoms with Gasteiger partial charge in [-0.2, -0.15) is 0 Å². The molecule has 20 heavy (non-hydrogen) atoms. The van der Waals surface area contributed by atoms with E-state index >= 15 is 0 Å². The lowest BCUT2D eigenvalue weighted by Crippen LogP contribution is -2.19. The van der Waals surface area contributed by atoms with Crippen molar-refractivity contribution in [1.29, 1.82) is 0 Å². The van der Waals surface area contributed by atoms with E-state index < -0.39 is 6.10 Å². The highest BCUT2D eigenvalue weighted by molar-refractivity contribution is 5.90. The predicted octanol–water partition coefficient (Wildman–Crippen LogP) is 1.53. The summed E-state index contributed by atoms with van der Waals surface area (Å²) in [5.41, 5.74) is 2.43. The molecule has 2 rings (SSSR count). The van der Waals surface area contributed by atoms with Crippen molar-refractivity contribution in [3.63, 3.8) is 0 Å². The van der Waals surface area contributed by atoms with Crippen molar-refractivity contribution >= 4 is 11.6 Å². The zero-order chi connectivity index (χ0) is 14.5. The predicted molar refractivity (Wildman–Crippen MR) is 75.1 cm³/mol. The van der Waals surface area contributed by atoms with Crippen molar-refractivity contribution in [3.8, 4) is 0 Å². The van der Waals surface area contributed by atoms with E-state index in [9.17, 15) is 9.90 Å². The second-order valence-corrected chi connectivity index (χ2v) is 4.62. The second-order valence-electron chi connectivity index (χ2n) is 4.62. The Kier molecular flexibility index (Phi) is 4.47. The van der Waals surface area contributed by atoms with Crippen LogP contribution in [-0.4, -0.2) is 26.0 Å². The Morgan fingerprint density at radius 2 is 2.10 bits per heavy atom. The van der Waals surface area contributed by atoms with Crippen LogP contribution in [-0.2, 0) is 17.8 Å². The van der Waals surface area contributed by atoms with E-state index in [0.29, 0.717) is 5.69 Å². The van der Waals surface area contributed by atoms with Crippen LogP contribution in [0.1, 0.15) is 31.2 Å². The normalized spacial score (nSPS) is 12.2. The minimum Gasteiger partial charge on any atom is -0.387 e. The van der Waals surface area contributed by atoms with Gasteiger partial charge in [0.15, 0.2) is 0 Å². The van der Waals surface area contributed by atoms with E-state index in [0.717, 1.165) is 12.1 Å². The maximum Gasteiger partial charge on any atom is 0.246 e. The fraction of sp³-hybridized carbons (Fsp3) is 0.357. The lowest BCUT2D eigenvalue weighted by atomic mass is 10.1. The number of aliphatic hydroxyl groups is 1. The zero-order valence-electron chi connectivity index (χ0n) is 11.6. The van der Waals surface area contributed by atoms with E-state index in [1.165, 1.54) is 10.2 Å². The van der Waals surface area contributed by atoms with Gasteiger partial charge in [0.05, 0.1) is 12.3 Å². The van der Waals surface area contributed by atoms with Crippen LogP contribution in [0.25, 0.3) is 0 Å². The highest BCUT2D eigenvalue weighted by atomic mass is 16.3. The SMILES string of the molecule is CCc1ccc(NC(=O)Cn2cc(C(C)O)nn2)cc1. The van der Waals surface area contributed by atoms with Crippen LogP contribution in [0.4, 0.5) is 5.69 Å². The number of carbonyl (C=O) groups excluding carboxylic acids is 1. The number of amides is 1. The van der Waals surface area contributed by atoms with Crippen LogP contribution >= 0.6 is 0 Å². The molecule has 0 saturated heterocycles. The summed E-state index contributed by atoms with van der Waals surface area (Å²) in [5, 5.41) is 19.7. The molecular formula is C14H18N4O2. The van der Waals surface area contributed by atoms with Gasteiger partial charge in [0, 0.05) is 5.69 Å². The number of nitrogens with one attached hydrogen (secondary N) is 1. The van der Waals surface area contributed by atoms with Crippen molar-refractivity contribution in [2.45, 2.75) is 32.9 Å². The quantitative estimate of drug-likeness (QED) is 0.866. The Labute approximate surface area is 117 Å². The molecule has 0 aliphatic heterocycles. The fourth-order valence-corrected chi connectivity index (χ4v) is 1.75. The number of nitrogens with zero attached hydrogens (tertiary/aromatic N) is 3.